The molecule has 0 saturated carbocycles. The molecule has 1 aromatic carbocycles. The predicted molar refractivity (Wildman–Crippen MR) is 103 cm³/mol. The van der Waals surface area contributed by atoms with E-state index in [1.165, 1.54) is 12.3 Å². The summed E-state index contributed by atoms with van der Waals surface area (Å²) in [6, 6.07) is 12.4. The maximum absolute atomic E-state index is 13.0. The van der Waals surface area contributed by atoms with Crippen LogP contribution in [0.3, 0.4) is 0 Å². The SMILES string of the molecule is O=C(O)Cn1cc(N2CCc3cc(-c4cccnc4)ccc3C2=O)ccc1=O. The van der Waals surface area contributed by atoms with E-state index in [9.17, 15) is 14.4 Å². The summed E-state index contributed by atoms with van der Waals surface area (Å²) < 4.78 is 1.09. The minimum Gasteiger partial charge on any atom is -0.480 e. The monoisotopic (exact) mass is 375 g/mol. The topological polar surface area (TPSA) is 92.5 Å². The number of rotatable bonds is 4. The van der Waals surface area contributed by atoms with Gasteiger partial charge in [-0.3, -0.25) is 19.4 Å². The highest BCUT2D eigenvalue weighted by Gasteiger charge is 2.26. The third-order valence-corrected chi connectivity index (χ3v) is 4.77. The molecule has 3 aromatic rings. The predicted octanol–water partition coefficient (Wildman–Crippen LogP) is 2.20. The van der Waals surface area contributed by atoms with Crippen molar-refractivity contribution < 1.29 is 14.7 Å². The van der Waals surface area contributed by atoms with E-state index in [1.807, 2.05) is 24.3 Å². The van der Waals surface area contributed by atoms with Crippen LogP contribution in [0.1, 0.15) is 15.9 Å². The molecule has 7 heteroatoms. The first-order valence-corrected chi connectivity index (χ1v) is 8.80. The Balaban J connectivity index is 1.66. The van der Waals surface area contributed by atoms with Gasteiger partial charge in [-0.15, -0.1) is 0 Å². The lowest BCUT2D eigenvalue weighted by atomic mass is 9.94. The lowest BCUT2D eigenvalue weighted by molar-refractivity contribution is -0.137. The van der Waals surface area contributed by atoms with Gasteiger partial charge in [0.25, 0.3) is 11.5 Å². The minimum atomic E-state index is -1.11. The van der Waals surface area contributed by atoms with Gasteiger partial charge in [-0.1, -0.05) is 18.2 Å². The molecule has 0 saturated heterocycles. The zero-order valence-corrected chi connectivity index (χ0v) is 14.9. The van der Waals surface area contributed by atoms with Crippen LogP contribution in [0.25, 0.3) is 11.1 Å². The summed E-state index contributed by atoms with van der Waals surface area (Å²) in [5.41, 5.74) is 3.64. The van der Waals surface area contributed by atoms with Crippen LogP contribution in [0.4, 0.5) is 5.69 Å². The van der Waals surface area contributed by atoms with Crippen molar-refractivity contribution in [3.05, 3.63) is 82.5 Å². The van der Waals surface area contributed by atoms with Crippen LogP contribution >= 0.6 is 0 Å². The van der Waals surface area contributed by atoms with E-state index in [4.69, 9.17) is 5.11 Å². The highest BCUT2D eigenvalue weighted by atomic mass is 16.4. The summed E-state index contributed by atoms with van der Waals surface area (Å²) in [6.07, 6.45) is 5.58. The Kier molecular flexibility index (Phi) is 4.49. The lowest BCUT2D eigenvalue weighted by Crippen LogP contribution is -2.38. The Labute approximate surface area is 160 Å². The largest absolute Gasteiger partial charge is 0.480 e. The van der Waals surface area contributed by atoms with Gasteiger partial charge in [0.2, 0.25) is 0 Å². The van der Waals surface area contributed by atoms with Crippen LogP contribution in [-0.2, 0) is 17.8 Å². The van der Waals surface area contributed by atoms with E-state index in [0.29, 0.717) is 24.2 Å². The molecule has 0 aliphatic carbocycles. The molecule has 28 heavy (non-hydrogen) atoms. The molecule has 0 fully saturated rings. The maximum Gasteiger partial charge on any atom is 0.323 e. The second-order valence-electron chi connectivity index (χ2n) is 6.57. The summed E-state index contributed by atoms with van der Waals surface area (Å²) in [6.45, 7) is 0.00731. The Morgan fingerprint density at radius 3 is 2.71 bits per heavy atom. The molecule has 1 aliphatic rings. The number of hydrogen-bond donors (Lipinski definition) is 1. The van der Waals surface area contributed by atoms with Crippen molar-refractivity contribution in [3.8, 4) is 11.1 Å². The lowest BCUT2D eigenvalue weighted by Gasteiger charge is -2.29. The standard InChI is InChI=1S/C21H17N3O4/c25-19-6-4-17(12-23(19)13-20(26)27)24-9-7-15-10-14(3-5-18(15)21(24)28)16-2-1-8-22-11-16/h1-6,8,10-12H,7,9,13H2,(H,26,27). The van der Waals surface area contributed by atoms with Crippen LogP contribution in [0.2, 0.25) is 0 Å². The Morgan fingerprint density at radius 1 is 1.11 bits per heavy atom. The van der Waals surface area contributed by atoms with Gasteiger partial charge in [0.05, 0.1) is 5.69 Å². The zero-order valence-electron chi connectivity index (χ0n) is 14.9. The average molecular weight is 375 g/mol. The number of fused-ring (bicyclic) bond motifs is 1. The number of carbonyl (C=O) groups is 2. The molecule has 0 atom stereocenters. The van der Waals surface area contributed by atoms with Crippen LogP contribution in [0, 0.1) is 0 Å². The van der Waals surface area contributed by atoms with E-state index in [2.05, 4.69) is 4.98 Å². The fourth-order valence-corrected chi connectivity index (χ4v) is 3.40. The van der Waals surface area contributed by atoms with Gasteiger partial charge in [-0.25, -0.2) is 0 Å². The fraction of sp³-hybridized carbons (Fsp3) is 0.143. The summed E-state index contributed by atoms with van der Waals surface area (Å²) in [4.78, 5) is 41.5. The quantitative estimate of drug-likeness (QED) is 0.755. The molecular weight excluding hydrogens is 358 g/mol. The Morgan fingerprint density at radius 2 is 1.96 bits per heavy atom. The van der Waals surface area contributed by atoms with E-state index >= 15 is 0 Å². The summed E-state index contributed by atoms with van der Waals surface area (Å²) >= 11 is 0. The Hall–Kier alpha value is -3.74. The number of anilines is 1. The first-order valence-electron chi connectivity index (χ1n) is 8.80. The number of carboxylic acids is 1. The van der Waals surface area contributed by atoms with Gasteiger partial charge in [0, 0.05) is 36.8 Å². The molecule has 0 spiro atoms. The number of carbonyl (C=O) groups excluding carboxylic acids is 1. The summed E-state index contributed by atoms with van der Waals surface area (Å²) in [5, 5.41) is 8.95. The molecule has 140 valence electrons. The molecule has 0 radical (unpaired) electrons. The average Bonchev–Trinajstić information content (AvgIpc) is 2.70. The molecule has 4 rings (SSSR count). The normalized spacial score (nSPS) is 13.3. The number of benzene rings is 1. The van der Waals surface area contributed by atoms with Crippen molar-refractivity contribution in [3.63, 3.8) is 0 Å². The van der Waals surface area contributed by atoms with Crippen molar-refractivity contribution in [2.45, 2.75) is 13.0 Å². The number of carboxylic acid groups (broad SMARTS) is 1. The van der Waals surface area contributed by atoms with Crippen molar-refractivity contribution in [2.75, 3.05) is 11.4 Å². The van der Waals surface area contributed by atoms with Crippen molar-refractivity contribution in [1.29, 1.82) is 0 Å². The number of amides is 1. The zero-order chi connectivity index (χ0) is 19.7. The summed E-state index contributed by atoms with van der Waals surface area (Å²) in [5.74, 6) is -1.28. The van der Waals surface area contributed by atoms with Gasteiger partial charge in [0.15, 0.2) is 0 Å². The molecule has 1 aliphatic heterocycles. The van der Waals surface area contributed by atoms with Gasteiger partial charge in [0.1, 0.15) is 6.54 Å². The van der Waals surface area contributed by atoms with E-state index < -0.39 is 18.1 Å². The maximum atomic E-state index is 13.0. The molecule has 2 aromatic heterocycles. The fourth-order valence-electron chi connectivity index (χ4n) is 3.40. The van der Waals surface area contributed by atoms with Crippen LogP contribution in [0.5, 0.6) is 0 Å². The number of hydrogen-bond acceptors (Lipinski definition) is 4. The van der Waals surface area contributed by atoms with Crippen molar-refractivity contribution >= 4 is 17.6 Å². The third-order valence-electron chi connectivity index (χ3n) is 4.77. The van der Waals surface area contributed by atoms with E-state index in [-0.39, 0.29) is 5.91 Å². The third kappa shape index (κ3) is 3.29. The highest BCUT2D eigenvalue weighted by Crippen LogP contribution is 2.28. The molecule has 7 nitrogen and oxygen atoms in total. The first-order chi connectivity index (χ1) is 13.5. The summed E-state index contributed by atoms with van der Waals surface area (Å²) in [7, 11) is 0. The second kappa shape index (κ2) is 7.11. The molecular formula is C21H17N3O4. The smallest absolute Gasteiger partial charge is 0.323 e. The highest BCUT2D eigenvalue weighted by molar-refractivity contribution is 6.08. The molecule has 0 unspecified atom stereocenters. The molecule has 3 heterocycles. The minimum absolute atomic E-state index is 0.167. The first kappa shape index (κ1) is 17.7. The van der Waals surface area contributed by atoms with Crippen LogP contribution in [-0.4, -0.2) is 33.1 Å². The van der Waals surface area contributed by atoms with Gasteiger partial charge < -0.3 is 14.6 Å². The van der Waals surface area contributed by atoms with E-state index in [1.54, 1.807) is 29.4 Å². The van der Waals surface area contributed by atoms with Crippen LogP contribution < -0.4 is 10.5 Å². The van der Waals surface area contributed by atoms with E-state index in [0.717, 1.165) is 21.3 Å². The molecule has 1 amide bonds. The van der Waals surface area contributed by atoms with Gasteiger partial charge in [-0.05, 0) is 41.3 Å². The molecule has 0 bridgehead atoms. The number of pyridine rings is 2. The number of aromatic nitrogens is 2. The number of aliphatic carboxylic acids is 1. The van der Waals surface area contributed by atoms with Crippen LogP contribution in [0.15, 0.2) is 65.8 Å². The Bertz CT molecular complexity index is 1120. The number of nitrogens with zero attached hydrogens (tertiary/aromatic N) is 3. The van der Waals surface area contributed by atoms with Crippen molar-refractivity contribution in [2.24, 2.45) is 0 Å². The molecule has 1 N–H and O–H groups in total. The van der Waals surface area contributed by atoms with Crippen molar-refractivity contribution in [1.82, 2.24) is 9.55 Å². The van der Waals surface area contributed by atoms with Gasteiger partial charge in [-0.2, -0.15) is 0 Å². The van der Waals surface area contributed by atoms with Gasteiger partial charge >= 0.3 is 5.97 Å². The second-order valence-corrected chi connectivity index (χ2v) is 6.57.